The Morgan fingerprint density at radius 3 is 2.23 bits per heavy atom. The average Bonchev–Trinajstić information content (AvgIpc) is 2.72. The molecule has 0 fully saturated rings. The van der Waals surface area contributed by atoms with Crippen LogP contribution in [0.2, 0.25) is 5.02 Å². The summed E-state index contributed by atoms with van der Waals surface area (Å²) in [6.07, 6.45) is 0. The van der Waals surface area contributed by atoms with Gasteiger partial charge in [-0.2, -0.15) is 0 Å². The van der Waals surface area contributed by atoms with Crippen LogP contribution in [0.1, 0.15) is 5.56 Å². The number of anilines is 1. The van der Waals surface area contributed by atoms with Gasteiger partial charge in [0.25, 0.3) is 0 Å². The van der Waals surface area contributed by atoms with Crippen LogP contribution in [0.25, 0.3) is 11.1 Å². The summed E-state index contributed by atoms with van der Waals surface area (Å²) in [5, 5.41) is 4.17. The maximum Gasteiger partial charge on any atom is 0.138 e. The second-order valence-corrected chi connectivity index (χ2v) is 5.59. The molecule has 3 aromatic carbocycles. The molecule has 3 aromatic rings. The predicted octanol–water partition coefficient (Wildman–Crippen LogP) is 5.51. The topological polar surface area (TPSA) is 24.4 Å². The van der Waals surface area contributed by atoms with Crippen LogP contribution in [0.15, 0.2) is 77.8 Å². The molecule has 22 heavy (non-hydrogen) atoms. The number of halogens is 1. The SMILES string of the molecule is Clc1ccc(C2=Nc3ccccc3-c3ccccc3N2)cc1. The molecule has 1 aliphatic heterocycles. The van der Waals surface area contributed by atoms with Crippen LogP contribution in [0.5, 0.6) is 0 Å². The standard InChI is InChI=1S/C19H13ClN2/c20-14-11-9-13(10-12-14)19-21-17-7-3-1-5-15(17)16-6-2-4-8-18(16)22-19/h1-12H,(H,21,22). The highest BCUT2D eigenvalue weighted by molar-refractivity contribution is 6.30. The Hall–Kier alpha value is -2.58. The minimum absolute atomic E-state index is 0.721. The number of nitrogens with one attached hydrogen (secondary N) is 1. The molecule has 1 N–H and O–H groups in total. The molecule has 3 heteroatoms. The third kappa shape index (κ3) is 2.28. The van der Waals surface area contributed by atoms with Crippen LogP contribution in [-0.2, 0) is 0 Å². The summed E-state index contributed by atoms with van der Waals surface area (Å²) >= 11 is 5.98. The highest BCUT2D eigenvalue weighted by Gasteiger charge is 2.16. The largest absolute Gasteiger partial charge is 0.339 e. The Labute approximate surface area is 134 Å². The lowest BCUT2D eigenvalue weighted by molar-refractivity contribution is 1.49. The first kappa shape index (κ1) is 13.1. The first-order chi connectivity index (χ1) is 10.8. The summed E-state index contributed by atoms with van der Waals surface area (Å²) in [5.41, 5.74) is 5.32. The molecule has 1 heterocycles. The number of para-hydroxylation sites is 2. The van der Waals surface area contributed by atoms with Crippen molar-refractivity contribution in [2.24, 2.45) is 4.99 Å². The molecule has 0 saturated heterocycles. The quantitative estimate of drug-likeness (QED) is 0.629. The van der Waals surface area contributed by atoms with Crippen LogP contribution >= 0.6 is 11.6 Å². The van der Waals surface area contributed by atoms with Crippen molar-refractivity contribution in [3.63, 3.8) is 0 Å². The maximum atomic E-state index is 5.98. The van der Waals surface area contributed by atoms with Gasteiger partial charge in [0.2, 0.25) is 0 Å². The lowest BCUT2D eigenvalue weighted by atomic mass is 10.0. The Kier molecular flexibility index (Phi) is 3.17. The number of aliphatic imine (C=N–C) groups is 1. The summed E-state index contributed by atoms with van der Waals surface area (Å²) in [6, 6.07) is 24.2. The van der Waals surface area contributed by atoms with E-state index in [4.69, 9.17) is 16.6 Å². The molecule has 2 nitrogen and oxygen atoms in total. The molecule has 0 bridgehead atoms. The van der Waals surface area contributed by atoms with Crippen LogP contribution in [0, 0.1) is 0 Å². The average molecular weight is 305 g/mol. The fraction of sp³-hybridized carbons (Fsp3) is 0. The zero-order valence-corrected chi connectivity index (χ0v) is 12.5. The van der Waals surface area contributed by atoms with Gasteiger partial charge in [-0.25, -0.2) is 4.99 Å². The molecule has 4 rings (SSSR count). The van der Waals surface area contributed by atoms with E-state index in [9.17, 15) is 0 Å². The monoisotopic (exact) mass is 304 g/mol. The zero-order chi connectivity index (χ0) is 14.9. The first-order valence-electron chi connectivity index (χ1n) is 7.11. The molecular weight excluding hydrogens is 292 g/mol. The van der Waals surface area contributed by atoms with Crippen molar-refractivity contribution in [2.75, 3.05) is 5.32 Å². The van der Waals surface area contributed by atoms with Gasteiger partial charge in [0, 0.05) is 27.4 Å². The summed E-state index contributed by atoms with van der Waals surface area (Å²) in [6.45, 7) is 0. The lowest BCUT2D eigenvalue weighted by Crippen LogP contribution is -2.12. The molecule has 0 spiro atoms. The van der Waals surface area contributed by atoms with E-state index < -0.39 is 0 Å². The predicted molar refractivity (Wildman–Crippen MR) is 93.1 cm³/mol. The third-order valence-electron chi connectivity index (χ3n) is 3.72. The Balaban J connectivity index is 1.93. The molecule has 0 radical (unpaired) electrons. The molecule has 106 valence electrons. The minimum atomic E-state index is 0.721. The Morgan fingerprint density at radius 2 is 1.41 bits per heavy atom. The van der Waals surface area contributed by atoms with E-state index in [2.05, 4.69) is 23.5 Å². The number of hydrogen-bond donors (Lipinski definition) is 1. The van der Waals surface area contributed by atoms with Crippen LogP contribution in [0.4, 0.5) is 11.4 Å². The van der Waals surface area contributed by atoms with Gasteiger partial charge in [0.05, 0.1) is 5.69 Å². The fourth-order valence-electron chi connectivity index (χ4n) is 2.65. The highest BCUT2D eigenvalue weighted by atomic mass is 35.5. The van der Waals surface area contributed by atoms with Crippen molar-refractivity contribution in [1.82, 2.24) is 0 Å². The fourth-order valence-corrected chi connectivity index (χ4v) is 2.77. The molecule has 1 aliphatic rings. The number of nitrogens with zero attached hydrogens (tertiary/aromatic N) is 1. The summed E-state index contributed by atoms with van der Waals surface area (Å²) in [5.74, 6) is 0.828. The van der Waals surface area contributed by atoms with E-state index in [1.165, 1.54) is 0 Å². The second kappa shape index (κ2) is 5.32. The van der Waals surface area contributed by atoms with Crippen molar-refractivity contribution in [3.8, 4) is 11.1 Å². The molecule has 0 unspecified atom stereocenters. The number of amidine groups is 1. The van der Waals surface area contributed by atoms with Gasteiger partial charge in [-0.05, 0) is 36.4 Å². The molecule has 0 aliphatic carbocycles. The molecule has 0 aromatic heterocycles. The van der Waals surface area contributed by atoms with Crippen molar-refractivity contribution in [3.05, 3.63) is 83.4 Å². The second-order valence-electron chi connectivity index (χ2n) is 5.16. The Morgan fingerprint density at radius 1 is 0.727 bits per heavy atom. The highest BCUT2D eigenvalue weighted by Crippen LogP contribution is 2.37. The van der Waals surface area contributed by atoms with Crippen molar-refractivity contribution in [1.29, 1.82) is 0 Å². The van der Waals surface area contributed by atoms with Crippen LogP contribution in [-0.4, -0.2) is 5.84 Å². The summed E-state index contributed by atoms with van der Waals surface area (Å²) < 4.78 is 0. The number of rotatable bonds is 1. The van der Waals surface area contributed by atoms with E-state index in [1.54, 1.807) is 0 Å². The zero-order valence-electron chi connectivity index (χ0n) is 11.8. The van der Waals surface area contributed by atoms with E-state index in [-0.39, 0.29) is 0 Å². The Bertz CT molecular complexity index is 867. The van der Waals surface area contributed by atoms with E-state index in [0.717, 1.165) is 38.9 Å². The smallest absolute Gasteiger partial charge is 0.138 e. The summed E-state index contributed by atoms with van der Waals surface area (Å²) in [4.78, 5) is 4.82. The van der Waals surface area contributed by atoms with Crippen LogP contribution in [0.3, 0.4) is 0 Å². The van der Waals surface area contributed by atoms with Gasteiger partial charge in [-0.15, -0.1) is 0 Å². The maximum absolute atomic E-state index is 5.98. The third-order valence-corrected chi connectivity index (χ3v) is 3.98. The molecule has 0 atom stereocenters. The van der Waals surface area contributed by atoms with Gasteiger partial charge in [-0.3, -0.25) is 0 Å². The number of fused-ring (bicyclic) bond motifs is 3. The van der Waals surface area contributed by atoms with E-state index >= 15 is 0 Å². The minimum Gasteiger partial charge on any atom is -0.339 e. The van der Waals surface area contributed by atoms with E-state index in [1.807, 2.05) is 54.6 Å². The lowest BCUT2D eigenvalue weighted by Gasteiger charge is -2.10. The van der Waals surface area contributed by atoms with Crippen molar-refractivity contribution in [2.45, 2.75) is 0 Å². The van der Waals surface area contributed by atoms with Crippen LogP contribution < -0.4 is 5.32 Å². The number of benzene rings is 3. The van der Waals surface area contributed by atoms with Gasteiger partial charge in [-0.1, -0.05) is 48.0 Å². The molecular formula is C19H13ClN2. The van der Waals surface area contributed by atoms with Crippen molar-refractivity contribution < 1.29 is 0 Å². The normalized spacial score (nSPS) is 12.5. The molecule has 0 amide bonds. The van der Waals surface area contributed by atoms with Gasteiger partial charge in [0.1, 0.15) is 5.84 Å². The molecule has 0 saturated carbocycles. The number of hydrogen-bond acceptors (Lipinski definition) is 2. The first-order valence-corrected chi connectivity index (χ1v) is 7.49. The van der Waals surface area contributed by atoms with E-state index in [0.29, 0.717) is 0 Å². The van der Waals surface area contributed by atoms with Gasteiger partial charge >= 0.3 is 0 Å². The van der Waals surface area contributed by atoms with Gasteiger partial charge in [0.15, 0.2) is 0 Å². The summed E-state index contributed by atoms with van der Waals surface area (Å²) in [7, 11) is 0. The van der Waals surface area contributed by atoms with Crippen molar-refractivity contribution >= 4 is 28.8 Å². The van der Waals surface area contributed by atoms with Gasteiger partial charge < -0.3 is 5.32 Å².